The average Bonchev–Trinajstić information content (AvgIpc) is 2.76. The smallest absolute Gasteiger partial charge is 0.156 e. The molecule has 1 N–H and O–H groups in total. The Morgan fingerprint density at radius 3 is 2.71 bits per heavy atom. The summed E-state index contributed by atoms with van der Waals surface area (Å²) in [6.07, 6.45) is 1.82. The molecule has 0 fully saturated rings. The van der Waals surface area contributed by atoms with Crippen molar-refractivity contribution in [2.45, 2.75) is 13.8 Å². The van der Waals surface area contributed by atoms with Crippen LogP contribution >= 0.6 is 0 Å². The zero-order valence-corrected chi connectivity index (χ0v) is 9.86. The number of hydrogen-bond acceptors (Lipinski definition) is 2. The number of fused-ring (bicyclic) bond motifs is 1. The number of para-hydroxylation sites is 1. The summed E-state index contributed by atoms with van der Waals surface area (Å²) in [7, 11) is 0. The predicted molar refractivity (Wildman–Crippen MR) is 68.8 cm³/mol. The molecule has 0 aliphatic carbocycles. The van der Waals surface area contributed by atoms with Gasteiger partial charge in [0.2, 0.25) is 0 Å². The van der Waals surface area contributed by atoms with Crippen molar-refractivity contribution in [3.63, 3.8) is 0 Å². The van der Waals surface area contributed by atoms with Gasteiger partial charge in [0.25, 0.3) is 0 Å². The fraction of sp³-hybridized carbons (Fsp3) is 0.143. The van der Waals surface area contributed by atoms with Crippen LogP contribution in [0.1, 0.15) is 11.3 Å². The standard InChI is InChI=1S/C14H13N3/c1-9-7-13(14-15-8-10(2)16-14)17-12-6-4-3-5-11(9)12/h3-8H,1-2H3,(H,15,16). The van der Waals surface area contributed by atoms with E-state index in [9.17, 15) is 0 Å². The molecule has 0 aliphatic rings. The number of benzene rings is 1. The van der Waals surface area contributed by atoms with Crippen molar-refractivity contribution in [2.24, 2.45) is 0 Å². The number of aromatic amines is 1. The predicted octanol–water partition coefficient (Wildman–Crippen LogP) is 3.24. The van der Waals surface area contributed by atoms with Gasteiger partial charge in [0.15, 0.2) is 5.82 Å². The van der Waals surface area contributed by atoms with Gasteiger partial charge in [0.1, 0.15) is 5.69 Å². The van der Waals surface area contributed by atoms with Crippen LogP contribution in [0.2, 0.25) is 0 Å². The lowest BCUT2D eigenvalue weighted by Gasteiger charge is -2.04. The highest BCUT2D eigenvalue weighted by Gasteiger charge is 2.06. The minimum atomic E-state index is 0.830. The van der Waals surface area contributed by atoms with E-state index in [-0.39, 0.29) is 0 Å². The number of rotatable bonds is 1. The number of nitrogens with one attached hydrogen (secondary N) is 1. The van der Waals surface area contributed by atoms with Crippen molar-refractivity contribution in [3.05, 3.63) is 47.8 Å². The monoisotopic (exact) mass is 223 g/mol. The van der Waals surface area contributed by atoms with Crippen LogP contribution in [0.15, 0.2) is 36.5 Å². The van der Waals surface area contributed by atoms with E-state index in [4.69, 9.17) is 0 Å². The summed E-state index contributed by atoms with van der Waals surface area (Å²) in [4.78, 5) is 12.2. The number of imidazole rings is 1. The first-order valence-electron chi connectivity index (χ1n) is 5.62. The Morgan fingerprint density at radius 1 is 1.12 bits per heavy atom. The molecule has 0 aliphatic heterocycles. The molecule has 0 saturated heterocycles. The first kappa shape index (κ1) is 10.0. The van der Waals surface area contributed by atoms with Crippen LogP contribution in [0, 0.1) is 13.8 Å². The number of nitrogens with zero attached hydrogens (tertiary/aromatic N) is 2. The van der Waals surface area contributed by atoms with Crippen molar-refractivity contribution in [3.8, 4) is 11.5 Å². The van der Waals surface area contributed by atoms with Gasteiger partial charge < -0.3 is 4.98 Å². The Hall–Kier alpha value is -2.16. The first-order chi connectivity index (χ1) is 8.24. The highest BCUT2D eigenvalue weighted by Crippen LogP contribution is 2.22. The Morgan fingerprint density at radius 2 is 1.94 bits per heavy atom. The molecule has 0 saturated carbocycles. The molecule has 3 heteroatoms. The Kier molecular flexibility index (Phi) is 2.18. The van der Waals surface area contributed by atoms with E-state index < -0.39 is 0 Å². The third kappa shape index (κ3) is 1.69. The van der Waals surface area contributed by atoms with Crippen LogP contribution in [-0.4, -0.2) is 15.0 Å². The topological polar surface area (TPSA) is 41.6 Å². The molecule has 3 nitrogen and oxygen atoms in total. The van der Waals surface area contributed by atoms with Crippen LogP contribution in [0.25, 0.3) is 22.4 Å². The summed E-state index contributed by atoms with van der Waals surface area (Å²) in [6.45, 7) is 4.09. The highest BCUT2D eigenvalue weighted by atomic mass is 14.9. The number of hydrogen-bond donors (Lipinski definition) is 1. The van der Waals surface area contributed by atoms with E-state index in [0.29, 0.717) is 0 Å². The van der Waals surface area contributed by atoms with Crippen LogP contribution in [0.3, 0.4) is 0 Å². The lowest BCUT2D eigenvalue weighted by molar-refractivity contribution is 1.21. The molecule has 17 heavy (non-hydrogen) atoms. The van der Waals surface area contributed by atoms with E-state index >= 15 is 0 Å². The van der Waals surface area contributed by atoms with Gasteiger partial charge in [-0.3, -0.25) is 0 Å². The number of pyridine rings is 1. The van der Waals surface area contributed by atoms with Crippen molar-refractivity contribution >= 4 is 10.9 Å². The molecule has 0 radical (unpaired) electrons. The molecule has 0 atom stereocenters. The minimum Gasteiger partial charge on any atom is -0.341 e. The second-order valence-electron chi connectivity index (χ2n) is 4.26. The first-order valence-corrected chi connectivity index (χ1v) is 5.62. The molecule has 2 aromatic heterocycles. The van der Waals surface area contributed by atoms with Crippen molar-refractivity contribution < 1.29 is 0 Å². The molecular formula is C14H13N3. The van der Waals surface area contributed by atoms with E-state index in [0.717, 1.165) is 22.7 Å². The summed E-state index contributed by atoms with van der Waals surface area (Å²) in [6, 6.07) is 10.2. The van der Waals surface area contributed by atoms with E-state index in [1.807, 2.05) is 31.3 Å². The van der Waals surface area contributed by atoms with Crippen LogP contribution in [-0.2, 0) is 0 Å². The molecule has 3 rings (SSSR count). The minimum absolute atomic E-state index is 0.830. The Bertz CT molecular complexity index is 683. The SMILES string of the molecule is Cc1cnc(-c2cc(C)c3ccccc3n2)[nH]1. The second-order valence-corrected chi connectivity index (χ2v) is 4.26. The van der Waals surface area contributed by atoms with E-state index in [2.05, 4.69) is 34.0 Å². The summed E-state index contributed by atoms with van der Waals surface area (Å²) >= 11 is 0. The molecular weight excluding hydrogens is 210 g/mol. The number of H-pyrrole nitrogens is 1. The van der Waals surface area contributed by atoms with Crippen LogP contribution in [0.5, 0.6) is 0 Å². The van der Waals surface area contributed by atoms with Crippen molar-refractivity contribution in [1.29, 1.82) is 0 Å². The van der Waals surface area contributed by atoms with Crippen molar-refractivity contribution in [1.82, 2.24) is 15.0 Å². The molecule has 0 amide bonds. The third-order valence-electron chi connectivity index (χ3n) is 2.87. The van der Waals surface area contributed by atoms with Gasteiger partial charge in [-0.2, -0.15) is 0 Å². The normalized spacial score (nSPS) is 10.9. The molecule has 84 valence electrons. The van der Waals surface area contributed by atoms with Crippen molar-refractivity contribution in [2.75, 3.05) is 0 Å². The number of aromatic nitrogens is 3. The second kappa shape index (κ2) is 3.70. The maximum Gasteiger partial charge on any atom is 0.156 e. The van der Waals surface area contributed by atoms with Crippen LogP contribution < -0.4 is 0 Å². The molecule has 0 spiro atoms. The Balaban J connectivity index is 2.25. The molecule has 0 unspecified atom stereocenters. The molecule has 1 aromatic carbocycles. The molecule has 2 heterocycles. The van der Waals surface area contributed by atoms with E-state index in [1.54, 1.807) is 0 Å². The fourth-order valence-electron chi connectivity index (χ4n) is 2.01. The average molecular weight is 223 g/mol. The van der Waals surface area contributed by atoms with Gasteiger partial charge in [-0.1, -0.05) is 18.2 Å². The largest absolute Gasteiger partial charge is 0.341 e. The summed E-state index contributed by atoms with van der Waals surface area (Å²) in [5, 5.41) is 1.19. The van der Waals surface area contributed by atoms with Gasteiger partial charge in [-0.25, -0.2) is 9.97 Å². The maximum atomic E-state index is 4.63. The zero-order chi connectivity index (χ0) is 11.8. The van der Waals surface area contributed by atoms with E-state index in [1.165, 1.54) is 10.9 Å². The van der Waals surface area contributed by atoms with Gasteiger partial charge in [0.05, 0.1) is 5.52 Å². The summed E-state index contributed by atoms with van der Waals surface area (Å²) < 4.78 is 0. The van der Waals surface area contributed by atoms with Gasteiger partial charge in [-0.15, -0.1) is 0 Å². The quantitative estimate of drug-likeness (QED) is 0.688. The number of aryl methyl sites for hydroxylation is 2. The third-order valence-corrected chi connectivity index (χ3v) is 2.87. The molecule has 0 bridgehead atoms. The van der Waals surface area contributed by atoms with Crippen LogP contribution in [0.4, 0.5) is 0 Å². The summed E-state index contributed by atoms with van der Waals surface area (Å²) in [5.74, 6) is 0.830. The van der Waals surface area contributed by atoms with Gasteiger partial charge in [-0.05, 0) is 31.5 Å². The molecule has 3 aromatic rings. The van der Waals surface area contributed by atoms with Gasteiger partial charge in [0, 0.05) is 17.3 Å². The summed E-state index contributed by atoms with van der Waals surface area (Å²) in [5.41, 5.74) is 4.18. The fourth-order valence-corrected chi connectivity index (χ4v) is 2.01. The lowest BCUT2D eigenvalue weighted by atomic mass is 10.1. The Labute approximate surface area is 99.5 Å². The zero-order valence-electron chi connectivity index (χ0n) is 9.86. The highest BCUT2D eigenvalue weighted by molar-refractivity contribution is 5.84. The van der Waals surface area contributed by atoms with Gasteiger partial charge >= 0.3 is 0 Å². The maximum absolute atomic E-state index is 4.63. The lowest BCUT2D eigenvalue weighted by Crippen LogP contribution is -1.90.